The maximum atomic E-state index is 11.9. The molecule has 1 aromatic rings. The number of hydrogen-bond donors (Lipinski definition) is 1. The third-order valence-corrected chi connectivity index (χ3v) is 3.86. The van der Waals surface area contributed by atoms with Crippen LogP contribution in [0, 0.1) is 0 Å². The summed E-state index contributed by atoms with van der Waals surface area (Å²) in [5, 5.41) is 3.87. The molecular weight excluding hydrogens is 198 g/mol. The van der Waals surface area contributed by atoms with Gasteiger partial charge in [0.25, 0.3) is 0 Å². The number of hydrogen-bond acceptors (Lipinski definition) is 4. The van der Waals surface area contributed by atoms with E-state index in [-0.39, 0.29) is 5.25 Å². The van der Waals surface area contributed by atoms with Crippen LogP contribution in [-0.4, -0.2) is 32.5 Å². The van der Waals surface area contributed by atoms with Gasteiger partial charge in [0.15, 0.2) is 0 Å². The van der Waals surface area contributed by atoms with Crippen LogP contribution in [0.1, 0.15) is 12.8 Å². The molecule has 14 heavy (non-hydrogen) atoms. The average molecular weight is 211 g/mol. The van der Waals surface area contributed by atoms with Gasteiger partial charge in [-0.1, -0.05) is 0 Å². The molecule has 0 aromatic carbocycles. The highest BCUT2D eigenvalue weighted by Gasteiger charge is 2.22. The van der Waals surface area contributed by atoms with Gasteiger partial charge in [0.05, 0.1) is 16.0 Å². The van der Waals surface area contributed by atoms with Crippen molar-refractivity contribution < 1.29 is 4.21 Å². The molecule has 2 unspecified atom stereocenters. The molecule has 4 nitrogen and oxygen atoms in total. The van der Waals surface area contributed by atoms with Crippen LogP contribution in [0.3, 0.4) is 0 Å². The van der Waals surface area contributed by atoms with Gasteiger partial charge in [0.2, 0.25) is 5.16 Å². The van der Waals surface area contributed by atoms with E-state index in [9.17, 15) is 4.21 Å². The predicted molar refractivity (Wildman–Crippen MR) is 54.3 cm³/mol. The minimum Gasteiger partial charge on any atom is -0.316 e. The monoisotopic (exact) mass is 211 g/mol. The number of rotatable bonds is 2. The zero-order valence-corrected chi connectivity index (χ0v) is 8.67. The molecule has 2 heterocycles. The molecule has 1 saturated heterocycles. The van der Waals surface area contributed by atoms with E-state index in [0.717, 1.165) is 25.9 Å². The van der Waals surface area contributed by atoms with Crippen molar-refractivity contribution in [2.45, 2.75) is 23.2 Å². The lowest BCUT2D eigenvalue weighted by Crippen LogP contribution is -2.36. The fourth-order valence-electron chi connectivity index (χ4n) is 1.54. The molecule has 0 bridgehead atoms. The summed E-state index contributed by atoms with van der Waals surface area (Å²) < 4.78 is 11.9. The van der Waals surface area contributed by atoms with Gasteiger partial charge in [-0.2, -0.15) is 0 Å². The first-order valence-corrected chi connectivity index (χ1v) is 5.97. The van der Waals surface area contributed by atoms with Crippen LogP contribution >= 0.6 is 0 Å². The zero-order chi connectivity index (χ0) is 9.80. The molecule has 1 aliphatic heterocycles. The molecule has 1 aromatic heterocycles. The van der Waals surface area contributed by atoms with Crippen molar-refractivity contribution in [3.8, 4) is 0 Å². The topological polar surface area (TPSA) is 54.9 Å². The molecule has 0 amide bonds. The molecule has 1 N–H and O–H groups in total. The fraction of sp³-hybridized carbons (Fsp3) is 0.556. The van der Waals surface area contributed by atoms with Crippen molar-refractivity contribution in [1.82, 2.24) is 15.3 Å². The molecule has 1 aliphatic rings. The molecule has 76 valence electrons. The predicted octanol–water partition coefficient (Wildman–Crippen LogP) is 0.336. The van der Waals surface area contributed by atoms with Crippen LogP contribution in [0.5, 0.6) is 0 Å². The maximum Gasteiger partial charge on any atom is 0.218 e. The largest absolute Gasteiger partial charge is 0.316 e. The van der Waals surface area contributed by atoms with E-state index >= 15 is 0 Å². The van der Waals surface area contributed by atoms with Crippen LogP contribution in [0.4, 0.5) is 0 Å². The van der Waals surface area contributed by atoms with E-state index < -0.39 is 10.8 Å². The Morgan fingerprint density at radius 3 is 2.86 bits per heavy atom. The quantitative estimate of drug-likeness (QED) is 0.717. The van der Waals surface area contributed by atoms with Crippen LogP contribution < -0.4 is 5.32 Å². The highest BCUT2D eigenvalue weighted by molar-refractivity contribution is 7.85. The second kappa shape index (κ2) is 4.61. The zero-order valence-electron chi connectivity index (χ0n) is 7.85. The summed E-state index contributed by atoms with van der Waals surface area (Å²) in [6.45, 7) is 1.84. The lowest BCUT2D eigenvalue weighted by atomic mass is 10.2. The van der Waals surface area contributed by atoms with Crippen molar-refractivity contribution >= 4 is 10.8 Å². The first kappa shape index (κ1) is 9.73. The Morgan fingerprint density at radius 2 is 2.21 bits per heavy atom. The summed E-state index contributed by atoms with van der Waals surface area (Å²) in [5.74, 6) is 0. The first-order valence-electron chi connectivity index (χ1n) is 4.76. The van der Waals surface area contributed by atoms with E-state index in [1.165, 1.54) is 0 Å². The molecule has 0 aliphatic carbocycles. The summed E-state index contributed by atoms with van der Waals surface area (Å²) in [7, 11) is -1.05. The SMILES string of the molecule is O=S(c1ncccn1)C1CCCNC1. The van der Waals surface area contributed by atoms with E-state index in [2.05, 4.69) is 15.3 Å². The van der Waals surface area contributed by atoms with Gasteiger partial charge in [-0.25, -0.2) is 9.97 Å². The number of nitrogens with zero attached hydrogens (tertiary/aromatic N) is 2. The van der Waals surface area contributed by atoms with Crippen LogP contribution in [-0.2, 0) is 10.8 Å². The van der Waals surface area contributed by atoms with Gasteiger partial charge in [0.1, 0.15) is 0 Å². The van der Waals surface area contributed by atoms with Crippen LogP contribution in [0.25, 0.3) is 0 Å². The third-order valence-electron chi connectivity index (χ3n) is 2.28. The molecular formula is C9H13N3OS. The second-order valence-electron chi connectivity index (χ2n) is 3.30. The van der Waals surface area contributed by atoms with Crippen molar-refractivity contribution in [3.63, 3.8) is 0 Å². The molecule has 2 rings (SSSR count). The molecule has 2 atom stereocenters. The van der Waals surface area contributed by atoms with Crippen LogP contribution in [0.2, 0.25) is 0 Å². The van der Waals surface area contributed by atoms with E-state index in [4.69, 9.17) is 0 Å². The highest BCUT2D eigenvalue weighted by atomic mass is 32.2. The Bertz CT molecular complexity index is 311. The van der Waals surface area contributed by atoms with Gasteiger partial charge in [-0.3, -0.25) is 4.21 Å². The highest BCUT2D eigenvalue weighted by Crippen LogP contribution is 2.12. The normalized spacial score (nSPS) is 24.4. The van der Waals surface area contributed by atoms with Gasteiger partial charge >= 0.3 is 0 Å². The molecule has 0 saturated carbocycles. The van der Waals surface area contributed by atoms with Gasteiger partial charge in [-0.15, -0.1) is 0 Å². The van der Waals surface area contributed by atoms with Gasteiger partial charge < -0.3 is 5.32 Å². The summed E-state index contributed by atoms with van der Waals surface area (Å²) in [6, 6.07) is 1.74. The molecule has 1 fully saturated rings. The summed E-state index contributed by atoms with van der Waals surface area (Å²) >= 11 is 0. The summed E-state index contributed by atoms with van der Waals surface area (Å²) in [5.41, 5.74) is 0. The Kier molecular flexibility index (Phi) is 3.21. The Hall–Kier alpha value is -0.810. The number of nitrogens with one attached hydrogen (secondary N) is 1. The second-order valence-corrected chi connectivity index (χ2v) is 4.92. The van der Waals surface area contributed by atoms with Crippen molar-refractivity contribution in [3.05, 3.63) is 18.5 Å². The van der Waals surface area contributed by atoms with Gasteiger partial charge in [0, 0.05) is 18.9 Å². The van der Waals surface area contributed by atoms with Crippen molar-refractivity contribution in [2.24, 2.45) is 0 Å². The Balaban J connectivity index is 2.07. The third kappa shape index (κ3) is 2.16. The molecule has 0 radical (unpaired) electrons. The lowest BCUT2D eigenvalue weighted by Gasteiger charge is -2.20. The van der Waals surface area contributed by atoms with E-state index in [1.54, 1.807) is 18.5 Å². The number of aromatic nitrogens is 2. The smallest absolute Gasteiger partial charge is 0.218 e. The first-order chi connectivity index (χ1) is 6.88. The maximum absolute atomic E-state index is 11.9. The lowest BCUT2D eigenvalue weighted by molar-refractivity contribution is 0.518. The summed E-state index contributed by atoms with van der Waals surface area (Å²) in [6.07, 6.45) is 5.36. The van der Waals surface area contributed by atoms with Crippen LogP contribution in [0.15, 0.2) is 23.6 Å². The molecule has 5 heteroatoms. The average Bonchev–Trinajstić information content (AvgIpc) is 2.30. The van der Waals surface area contributed by atoms with Crippen molar-refractivity contribution in [1.29, 1.82) is 0 Å². The Labute approximate surface area is 85.6 Å². The van der Waals surface area contributed by atoms with E-state index in [1.807, 2.05) is 0 Å². The number of piperidine rings is 1. The van der Waals surface area contributed by atoms with Gasteiger partial charge in [-0.05, 0) is 25.5 Å². The standard InChI is InChI=1S/C9H13N3OS/c13-14(8-3-1-4-10-7-8)9-11-5-2-6-12-9/h2,5-6,8,10H,1,3-4,7H2. The van der Waals surface area contributed by atoms with Crippen molar-refractivity contribution in [2.75, 3.05) is 13.1 Å². The minimum absolute atomic E-state index is 0.172. The van der Waals surface area contributed by atoms with E-state index in [0.29, 0.717) is 5.16 Å². The Morgan fingerprint density at radius 1 is 1.43 bits per heavy atom. The molecule has 0 spiro atoms. The fourth-order valence-corrected chi connectivity index (χ4v) is 2.82. The summed E-state index contributed by atoms with van der Waals surface area (Å²) in [4.78, 5) is 8.03. The minimum atomic E-state index is -1.05.